The average molecular weight is 251 g/mol. The Bertz CT molecular complexity index is 495. The van der Waals surface area contributed by atoms with Gasteiger partial charge in [0.15, 0.2) is 0 Å². The molecule has 1 saturated carbocycles. The highest BCUT2D eigenvalue weighted by molar-refractivity contribution is 5.98. The van der Waals surface area contributed by atoms with Gasteiger partial charge in [0.25, 0.3) is 5.91 Å². The van der Waals surface area contributed by atoms with Crippen molar-refractivity contribution in [2.75, 3.05) is 0 Å². The third-order valence-electron chi connectivity index (χ3n) is 3.04. The number of carboxylic acids is 1. The first-order chi connectivity index (χ1) is 8.24. The van der Waals surface area contributed by atoms with E-state index in [2.05, 4.69) is 10.4 Å². The summed E-state index contributed by atoms with van der Waals surface area (Å²) in [6, 6.07) is 0. The number of aliphatic carboxylic acids is 1. The van der Waals surface area contributed by atoms with Crippen molar-refractivity contribution in [2.45, 2.75) is 44.7 Å². The van der Waals surface area contributed by atoms with Gasteiger partial charge in [-0.05, 0) is 33.6 Å². The molecule has 1 aromatic heterocycles. The minimum atomic E-state index is -1.05. The molecular formula is C12H17N3O3. The zero-order valence-corrected chi connectivity index (χ0v) is 10.7. The van der Waals surface area contributed by atoms with Gasteiger partial charge in [-0.3, -0.25) is 9.48 Å². The molecule has 0 radical (unpaired) electrons. The summed E-state index contributed by atoms with van der Waals surface area (Å²) in [5.74, 6) is -1.36. The monoisotopic (exact) mass is 251 g/mol. The maximum Gasteiger partial charge on any atom is 0.329 e. The minimum absolute atomic E-state index is 0.206. The Hall–Kier alpha value is -1.85. The fourth-order valence-corrected chi connectivity index (χ4v) is 1.61. The fraction of sp³-hybridized carbons (Fsp3) is 0.583. The van der Waals surface area contributed by atoms with Crippen LogP contribution in [0.15, 0.2) is 12.4 Å². The molecule has 6 nitrogen and oxygen atoms in total. The summed E-state index contributed by atoms with van der Waals surface area (Å²) in [7, 11) is 0. The van der Waals surface area contributed by atoms with Crippen LogP contribution in [0.5, 0.6) is 0 Å². The Morgan fingerprint density at radius 3 is 2.44 bits per heavy atom. The molecule has 0 atom stereocenters. The van der Waals surface area contributed by atoms with E-state index in [4.69, 9.17) is 5.11 Å². The summed E-state index contributed by atoms with van der Waals surface area (Å²) in [5.41, 5.74) is -0.874. The predicted molar refractivity (Wildman–Crippen MR) is 64.3 cm³/mol. The highest BCUT2D eigenvalue weighted by atomic mass is 16.4. The first kappa shape index (κ1) is 12.6. The van der Waals surface area contributed by atoms with E-state index in [1.54, 1.807) is 10.9 Å². The average Bonchev–Trinajstić information content (AvgIpc) is 2.85. The fourth-order valence-electron chi connectivity index (χ4n) is 1.61. The topological polar surface area (TPSA) is 84.2 Å². The quantitative estimate of drug-likeness (QED) is 0.838. The lowest BCUT2D eigenvalue weighted by Crippen LogP contribution is -2.42. The lowest BCUT2D eigenvalue weighted by molar-refractivity contribution is -0.140. The van der Waals surface area contributed by atoms with Crippen molar-refractivity contribution in [3.05, 3.63) is 18.0 Å². The van der Waals surface area contributed by atoms with Crippen molar-refractivity contribution in [1.82, 2.24) is 15.1 Å². The molecule has 0 bridgehead atoms. The van der Waals surface area contributed by atoms with Crippen LogP contribution in [0.25, 0.3) is 0 Å². The molecule has 0 saturated heterocycles. The Morgan fingerprint density at radius 2 is 2.06 bits per heavy atom. The van der Waals surface area contributed by atoms with Crippen LogP contribution in [0, 0.1) is 0 Å². The molecule has 1 heterocycles. The first-order valence-electron chi connectivity index (χ1n) is 5.86. The summed E-state index contributed by atoms with van der Waals surface area (Å²) in [6.07, 6.45) is 4.06. The lowest BCUT2D eigenvalue weighted by atomic mass is 10.1. The zero-order valence-electron chi connectivity index (χ0n) is 10.7. The molecule has 0 aliphatic heterocycles. The summed E-state index contributed by atoms with van der Waals surface area (Å²) in [4.78, 5) is 22.9. The van der Waals surface area contributed by atoms with E-state index in [0.29, 0.717) is 18.4 Å². The maximum atomic E-state index is 11.9. The van der Waals surface area contributed by atoms with E-state index in [1.807, 2.05) is 20.8 Å². The summed E-state index contributed by atoms with van der Waals surface area (Å²) >= 11 is 0. The van der Waals surface area contributed by atoms with E-state index >= 15 is 0 Å². The van der Waals surface area contributed by atoms with Crippen molar-refractivity contribution >= 4 is 11.9 Å². The number of carboxylic acid groups (broad SMARTS) is 1. The van der Waals surface area contributed by atoms with Gasteiger partial charge >= 0.3 is 5.97 Å². The van der Waals surface area contributed by atoms with Gasteiger partial charge in [0.1, 0.15) is 5.54 Å². The van der Waals surface area contributed by atoms with Crippen LogP contribution in [0.1, 0.15) is 44.0 Å². The van der Waals surface area contributed by atoms with Crippen LogP contribution in [-0.2, 0) is 10.3 Å². The number of amides is 1. The third kappa shape index (κ3) is 2.23. The van der Waals surface area contributed by atoms with Crippen molar-refractivity contribution in [1.29, 1.82) is 0 Å². The second-order valence-electron chi connectivity index (χ2n) is 5.69. The van der Waals surface area contributed by atoms with Crippen molar-refractivity contribution in [3.8, 4) is 0 Å². The Kier molecular flexibility index (Phi) is 2.68. The standard InChI is InChI=1S/C12H17N3O3/c1-11(2,3)15-7-8(6-13-15)9(16)14-12(4-5-12)10(17)18/h6-7H,4-5H2,1-3H3,(H,14,16)(H,17,18). The number of carbonyl (C=O) groups excluding carboxylic acids is 1. The largest absolute Gasteiger partial charge is 0.480 e. The second kappa shape index (κ2) is 3.83. The van der Waals surface area contributed by atoms with E-state index in [1.165, 1.54) is 6.20 Å². The molecule has 6 heteroatoms. The van der Waals surface area contributed by atoms with E-state index in [9.17, 15) is 9.59 Å². The molecule has 2 rings (SSSR count). The molecule has 0 aromatic carbocycles. The van der Waals surface area contributed by atoms with Crippen molar-refractivity contribution in [2.24, 2.45) is 0 Å². The molecule has 18 heavy (non-hydrogen) atoms. The lowest BCUT2D eigenvalue weighted by Gasteiger charge is -2.18. The third-order valence-corrected chi connectivity index (χ3v) is 3.04. The Labute approximate surface area is 105 Å². The Balaban J connectivity index is 2.11. The number of rotatable bonds is 3. The van der Waals surface area contributed by atoms with E-state index < -0.39 is 11.5 Å². The van der Waals surface area contributed by atoms with Crippen LogP contribution in [-0.4, -0.2) is 32.3 Å². The molecule has 1 aliphatic carbocycles. The number of nitrogens with zero attached hydrogens (tertiary/aromatic N) is 2. The Morgan fingerprint density at radius 1 is 1.44 bits per heavy atom. The van der Waals surface area contributed by atoms with Gasteiger partial charge in [-0.15, -0.1) is 0 Å². The molecule has 1 aliphatic rings. The SMILES string of the molecule is CC(C)(C)n1cc(C(=O)NC2(C(=O)O)CC2)cn1. The first-order valence-corrected chi connectivity index (χ1v) is 5.86. The highest BCUT2D eigenvalue weighted by Crippen LogP contribution is 2.35. The zero-order chi connectivity index (χ0) is 13.6. The molecular weight excluding hydrogens is 234 g/mol. The summed E-state index contributed by atoms with van der Waals surface area (Å²) in [6.45, 7) is 5.92. The van der Waals surface area contributed by atoms with Crippen LogP contribution in [0.3, 0.4) is 0 Å². The number of aromatic nitrogens is 2. The second-order valence-corrected chi connectivity index (χ2v) is 5.69. The smallest absolute Gasteiger partial charge is 0.329 e. The van der Waals surface area contributed by atoms with Gasteiger partial charge in [0, 0.05) is 6.20 Å². The highest BCUT2D eigenvalue weighted by Gasteiger charge is 2.51. The number of nitrogens with one attached hydrogen (secondary N) is 1. The summed E-state index contributed by atoms with van der Waals surface area (Å²) in [5, 5.41) is 15.7. The molecule has 98 valence electrons. The van der Waals surface area contributed by atoms with E-state index in [-0.39, 0.29) is 11.4 Å². The molecule has 1 fully saturated rings. The molecule has 0 spiro atoms. The minimum Gasteiger partial charge on any atom is -0.480 e. The normalized spacial score (nSPS) is 17.3. The maximum absolute atomic E-state index is 11.9. The van der Waals surface area contributed by atoms with Gasteiger partial charge in [-0.25, -0.2) is 4.79 Å². The van der Waals surface area contributed by atoms with Crippen LogP contribution < -0.4 is 5.32 Å². The molecule has 2 N–H and O–H groups in total. The predicted octanol–water partition coefficient (Wildman–Crippen LogP) is 0.985. The van der Waals surface area contributed by atoms with Gasteiger partial charge in [-0.1, -0.05) is 0 Å². The van der Waals surface area contributed by atoms with E-state index in [0.717, 1.165) is 0 Å². The molecule has 0 unspecified atom stereocenters. The van der Waals surface area contributed by atoms with Gasteiger partial charge < -0.3 is 10.4 Å². The van der Waals surface area contributed by atoms with Gasteiger partial charge in [0.05, 0.1) is 17.3 Å². The summed E-state index contributed by atoms with van der Waals surface area (Å²) < 4.78 is 1.68. The van der Waals surface area contributed by atoms with Crippen LogP contribution in [0.4, 0.5) is 0 Å². The van der Waals surface area contributed by atoms with Crippen LogP contribution in [0.2, 0.25) is 0 Å². The van der Waals surface area contributed by atoms with Crippen molar-refractivity contribution in [3.63, 3.8) is 0 Å². The number of hydrogen-bond donors (Lipinski definition) is 2. The van der Waals surface area contributed by atoms with Gasteiger partial charge in [0.2, 0.25) is 0 Å². The number of hydrogen-bond acceptors (Lipinski definition) is 3. The van der Waals surface area contributed by atoms with Gasteiger partial charge in [-0.2, -0.15) is 5.10 Å². The van der Waals surface area contributed by atoms with Crippen LogP contribution >= 0.6 is 0 Å². The van der Waals surface area contributed by atoms with Crippen molar-refractivity contribution < 1.29 is 14.7 Å². The number of carbonyl (C=O) groups is 2. The molecule has 1 aromatic rings. The molecule has 1 amide bonds.